The first-order valence-corrected chi connectivity index (χ1v) is 13.1. The van der Waals surface area contributed by atoms with Crippen molar-refractivity contribution < 1.29 is 22.7 Å². The first kappa shape index (κ1) is 25.7. The topological polar surface area (TPSA) is 97.8 Å². The summed E-state index contributed by atoms with van der Waals surface area (Å²) in [5, 5.41) is 3.29. The van der Waals surface area contributed by atoms with E-state index in [1.165, 1.54) is 22.8 Å². The zero-order valence-corrected chi connectivity index (χ0v) is 21.5. The molecular weight excluding hydrogens is 474 g/mol. The number of nitrogens with one attached hydrogen (secondary N) is 1. The van der Waals surface area contributed by atoms with Crippen LogP contribution in [0.5, 0.6) is 11.5 Å². The number of anilines is 1. The number of thiazole rings is 1. The Kier molecular flexibility index (Phi) is 8.29. The molecule has 0 bridgehead atoms. The lowest BCUT2D eigenvalue weighted by Crippen LogP contribution is -2.30. The largest absolute Gasteiger partial charge is 0.497 e. The van der Waals surface area contributed by atoms with Crippen LogP contribution < -0.4 is 14.8 Å². The molecule has 0 radical (unpaired) electrons. The number of aryl methyl sites for hydroxylation is 1. The molecule has 1 aromatic heterocycles. The Morgan fingerprint density at radius 1 is 1.06 bits per heavy atom. The lowest BCUT2D eigenvalue weighted by Gasteiger charge is -2.20. The Bertz CT molecular complexity index is 1250. The summed E-state index contributed by atoms with van der Waals surface area (Å²) >= 11 is 1.30. The van der Waals surface area contributed by atoms with E-state index in [1.54, 1.807) is 39.2 Å². The van der Waals surface area contributed by atoms with Crippen molar-refractivity contribution in [1.82, 2.24) is 9.29 Å². The molecule has 0 atom stereocenters. The van der Waals surface area contributed by atoms with Crippen molar-refractivity contribution in [3.63, 3.8) is 0 Å². The number of rotatable bonds is 10. The Hall–Kier alpha value is -2.95. The number of sulfonamides is 1. The molecule has 0 saturated carbocycles. The number of ether oxygens (including phenoxy) is 2. The highest BCUT2D eigenvalue weighted by molar-refractivity contribution is 7.89. The van der Waals surface area contributed by atoms with Gasteiger partial charge in [-0.15, -0.1) is 0 Å². The molecule has 10 heteroatoms. The maximum absolute atomic E-state index is 13.2. The number of hydrogen-bond donors (Lipinski definition) is 1. The monoisotopic (exact) mass is 503 g/mol. The molecule has 8 nitrogen and oxygen atoms in total. The normalized spacial score (nSPS) is 11.5. The Labute approximate surface area is 204 Å². The highest BCUT2D eigenvalue weighted by atomic mass is 32.2. The fourth-order valence-corrected chi connectivity index (χ4v) is 6.15. The van der Waals surface area contributed by atoms with Gasteiger partial charge in [0.15, 0.2) is 5.13 Å². The first-order valence-electron chi connectivity index (χ1n) is 10.8. The van der Waals surface area contributed by atoms with E-state index < -0.39 is 10.0 Å². The predicted molar refractivity (Wildman–Crippen MR) is 134 cm³/mol. The maximum atomic E-state index is 13.2. The van der Waals surface area contributed by atoms with Crippen molar-refractivity contribution >= 4 is 32.4 Å². The number of nitrogens with zero attached hydrogens (tertiary/aromatic N) is 2. The zero-order valence-electron chi connectivity index (χ0n) is 19.9. The SMILES string of the molecule is CCN(CC)S(=O)(=O)c1cc(-c2sc(NC(=O)Cc3ccc(OC)cc3)nc2C)ccc1OC. The molecule has 0 aliphatic carbocycles. The fraction of sp³-hybridized carbons (Fsp3) is 0.333. The van der Waals surface area contributed by atoms with Crippen LogP contribution in [0.3, 0.4) is 0 Å². The number of carbonyl (C=O) groups excluding carboxylic acids is 1. The van der Waals surface area contributed by atoms with Gasteiger partial charge >= 0.3 is 0 Å². The summed E-state index contributed by atoms with van der Waals surface area (Å²) < 4.78 is 38.2. The summed E-state index contributed by atoms with van der Waals surface area (Å²) in [5.74, 6) is 0.821. The molecular formula is C24H29N3O5S2. The van der Waals surface area contributed by atoms with E-state index in [0.717, 1.165) is 16.2 Å². The van der Waals surface area contributed by atoms with Crippen LogP contribution in [0.4, 0.5) is 5.13 Å². The van der Waals surface area contributed by atoms with Crippen LogP contribution in [0.1, 0.15) is 25.1 Å². The molecule has 2 aromatic carbocycles. The van der Waals surface area contributed by atoms with Crippen LogP contribution >= 0.6 is 11.3 Å². The van der Waals surface area contributed by atoms with E-state index in [2.05, 4.69) is 10.3 Å². The van der Waals surface area contributed by atoms with Crippen molar-refractivity contribution in [3.8, 4) is 21.9 Å². The van der Waals surface area contributed by atoms with Crippen LogP contribution in [0.2, 0.25) is 0 Å². The van der Waals surface area contributed by atoms with Gasteiger partial charge in [0.05, 0.1) is 31.2 Å². The molecule has 1 amide bonds. The third kappa shape index (κ3) is 5.57. The first-order chi connectivity index (χ1) is 16.2. The molecule has 1 N–H and O–H groups in total. The number of carbonyl (C=O) groups is 1. The molecule has 0 aliphatic rings. The average Bonchev–Trinajstić information content (AvgIpc) is 3.19. The van der Waals surface area contributed by atoms with E-state index >= 15 is 0 Å². The lowest BCUT2D eigenvalue weighted by molar-refractivity contribution is -0.115. The summed E-state index contributed by atoms with van der Waals surface area (Å²) in [6, 6.07) is 12.3. The van der Waals surface area contributed by atoms with Crippen molar-refractivity contribution in [1.29, 1.82) is 0 Å². The van der Waals surface area contributed by atoms with E-state index in [-0.39, 0.29) is 23.0 Å². The molecule has 0 unspecified atom stereocenters. The van der Waals surface area contributed by atoms with Crippen molar-refractivity contribution in [3.05, 3.63) is 53.7 Å². The van der Waals surface area contributed by atoms with Crippen LogP contribution in [0, 0.1) is 6.92 Å². The summed E-state index contributed by atoms with van der Waals surface area (Å²) in [4.78, 5) is 17.9. The van der Waals surface area contributed by atoms with Crippen LogP contribution in [0.15, 0.2) is 47.4 Å². The van der Waals surface area contributed by atoms with Gasteiger partial charge in [-0.3, -0.25) is 4.79 Å². The second-order valence-corrected chi connectivity index (χ2v) is 10.4. The fourth-order valence-electron chi connectivity index (χ4n) is 3.53. The molecule has 0 saturated heterocycles. The Morgan fingerprint density at radius 2 is 1.74 bits per heavy atom. The predicted octanol–water partition coefficient (Wildman–Crippen LogP) is 4.35. The minimum absolute atomic E-state index is 0.106. The number of benzene rings is 2. The molecule has 3 aromatic rings. The zero-order chi connectivity index (χ0) is 24.9. The Balaban J connectivity index is 1.86. The molecule has 0 aliphatic heterocycles. The van der Waals surface area contributed by atoms with E-state index in [1.807, 2.05) is 31.2 Å². The Morgan fingerprint density at radius 3 is 2.32 bits per heavy atom. The van der Waals surface area contributed by atoms with Crippen LogP contribution in [0.25, 0.3) is 10.4 Å². The van der Waals surface area contributed by atoms with Gasteiger partial charge < -0.3 is 14.8 Å². The second kappa shape index (κ2) is 11.0. The number of hydrogen-bond acceptors (Lipinski definition) is 7. The molecule has 1 heterocycles. The smallest absolute Gasteiger partial charge is 0.246 e. The third-order valence-corrected chi connectivity index (χ3v) is 8.51. The summed E-state index contributed by atoms with van der Waals surface area (Å²) in [5.41, 5.74) is 2.24. The van der Waals surface area contributed by atoms with E-state index in [9.17, 15) is 13.2 Å². The maximum Gasteiger partial charge on any atom is 0.246 e. The summed E-state index contributed by atoms with van der Waals surface area (Å²) in [6.45, 7) is 6.14. The van der Waals surface area contributed by atoms with Gasteiger partial charge in [0, 0.05) is 13.1 Å². The highest BCUT2D eigenvalue weighted by Crippen LogP contribution is 2.37. The highest BCUT2D eigenvalue weighted by Gasteiger charge is 2.26. The number of aromatic nitrogens is 1. The van der Waals surface area contributed by atoms with Crippen molar-refractivity contribution in [2.75, 3.05) is 32.6 Å². The molecule has 0 spiro atoms. The van der Waals surface area contributed by atoms with Gasteiger partial charge in [-0.2, -0.15) is 4.31 Å². The van der Waals surface area contributed by atoms with Gasteiger partial charge in [0.1, 0.15) is 16.4 Å². The molecule has 3 rings (SSSR count). The molecule has 182 valence electrons. The quantitative estimate of drug-likeness (QED) is 0.442. The van der Waals surface area contributed by atoms with Gasteiger partial charge in [-0.1, -0.05) is 37.3 Å². The number of amides is 1. The summed E-state index contributed by atoms with van der Waals surface area (Å²) in [7, 11) is -0.684. The average molecular weight is 504 g/mol. The minimum Gasteiger partial charge on any atom is -0.497 e. The summed E-state index contributed by atoms with van der Waals surface area (Å²) in [6.07, 6.45) is 0.201. The molecule has 0 fully saturated rings. The van der Waals surface area contributed by atoms with Crippen LogP contribution in [-0.4, -0.2) is 50.9 Å². The van der Waals surface area contributed by atoms with Crippen molar-refractivity contribution in [2.24, 2.45) is 0 Å². The van der Waals surface area contributed by atoms with Gasteiger partial charge in [-0.25, -0.2) is 13.4 Å². The van der Waals surface area contributed by atoms with Gasteiger partial charge in [0.25, 0.3) is 0 Å². The second-order valence-electron chi connectivity index (χ2n) is 7.46. The standard InChI is InChI=1S/C24H29N3O5S2/c1-6-27(7-2)34(29,30)21-15-18(10-13-20(21)32-5)23-16(3)25-24(33-23)26-22(28)14-17-8-11-19(31-4)12-9-17/h8-13,15H,6-7,14H2,1-5H3,(H,25,26,28). The number of methoxy groups -OCH3 is 2. The third-order valence-electron chi connectivity index (χ3n) is 5.32. The van der Waals surface area contributed by atoms with Gasteiger partial charge in [0.2, 0.25) is 15.9 Å². The lowest BCUT2D eigenvalue weighted by atomic mass is 10.1. The van der Waals surface area contributed by atoms with Crippen LogP contribution in [-0.2, 0) is 21.2 Å². The van der Waals surface area contributed by atoms with E-state index in [0.29, 0.717) is 29.5 Å². The van der Waals surface area contributed by atoms with Crippen molar-refractivity contribution in [2.45, 2.75) is 32.1 Å². The molecule has 34 heavy (non-hydrogen) atoms. The van der Waals surface area contributed by atoms with Gasteiger partial charge in [-0.05, 0) is 48.4 Å². The van der Waals surface area contributed by atoms with E-state index in [4.69, 9.17) is 9.47 Å². The minimum atomic E-state index is -3.73.